The van der Waals surface area contributed by atoms with Gasteiger partial charge in [-0.25, -0.2) is 4.98 Å². The summed E-state index contributed by atoms with van der Waals surface area (Å²) in [5, 5.41) is 17.5. The van der Waals surface area contributed by atoms with E-state index in [1.165, 1.54) is 0 Å². The van der Waals surface area contributed by atoms with Crippen molar-refractivity contribution in [2.24, 2.45) is 0 Å². The normalized spacial score (nSPS) is 18.5. The monoisotopic (exact) mass is 444 g/mol. The van der Waals surface area contributed by atoms with E-state index in [4.69, 9.17) is 14.6 Å². The Morgan fingerprint density at radius 1 is 1.15 bits per heavy atom. The van der Waals surface area contributed by atoms with Crippen molar-refractivity contribution in [2.75, 3.05) is 11.9 Å². The summed E-state index contributed by atoms with van der Waals surface area (Å²) in [4.78, 5) is 8.77. The molecule has 1 atom stereocenters. The van der Waals surface area contributed by atoms with Gasteiger partial charge in [0.1, 0.15) is 23.4 Å². The second-order valence-corrected chi connectivity index (χ2v) is 9.22. The average molecular weight is 445 g/mol. The lowest BCUT2D eigenvalue weighted by Gasteiger charge is -2.21. The highest BCUT2D eigenvalue weighted by Crippen LogP contribution is 2.40. The molecule has 33 heavy (non-hydrogen) atoms. The standard InChI is InChI=1S/C25H28N6O2/c1-25(2,16-26)22-13-17(8-10-27-22)29-23-14-19(9-11-28-23)33-21-15-31(18-6-7-18)30-24(21)20-5-3-4-12-32-20/h8-11,13-15,18,20H,3-7,12H2,1-2H3,(H,27,28,29). The van der Waals surface area contributed by atoms with Crippen LogP contribution in [-0.2, 0) is 10.2 Å². The van der Waals surface area contributed by atoms with Crippen molar-refractivity contribution in [1.29, 1.82) is 5.26 Å². The summed E-state index contributed by atoms with van der Waals surface area (Å²) in [6, 6.07) is 10.2. The molecule has 5 rings (SSSR count). The van der Waals surface area contributed by atoms with Gasteiger partial charge in [0, 0.05) is 30.8 Å². The number of nitrogens with one attached hydrogen (secondary N) is 1. The van der Waals surface area contributed by atoms with Gasteiger partial charge in [0.15, 0.2) is 5.75 Å². The summed E-state index contributed by atoms with van der Waals surface area (Å²) < 4.78 is 14.3. The Balaban J connectivity index is 1.36. The fourth-order valence-electron chi connectivity index (χ4n) is 3.90. The van der Waals surface area contributed by atoms with Crippen LogP contribution >= 0.6 is 0 Å². The first-order chi connectivity index (χ1) is 16.0. The van der Waals surface area contributed by atoms with Crippen molar-refractivity contribution in [3.8, 4) is 17.6 Å². The molecule has 3 aromatic rings. The largest absolute Gasteiger partial charge is 0.453 e. The van der Waals surface area contributed by atoms with Gasteiger partial charge < -0.3 is 14.8 Å². The summed E-state index contributed by atoms with van der Waals surface area (Å²) in [6.45, 7) is 4.46. The van der Waals surface area contributed by atoms with Crippen LogP contribution < -0.4 is 10.1 Å². The van der Waals surface area contributed by atoms with Gasteiger partial charge in [0.05, 0.1) is 29.4 Å². The Bertz CT molecular complexity index is 1170. The van der Waals surface area contributed by atoms with Crippen LogP contribution in [0.15, 0.2) is 42.9 Å². The van der Waals surface area contributed by atoms with Gasteiger partial charge in [-0.1, -0.05) is 0 Å². The maximum Gasteiger partial charge on any atom is 0.171 e. The minimum absolute atomic E-state index is 0.0214. The van der Waals surface area contributed by atoms with Crippen LogP contribution in [0.25, 0.3) is 0 Å². The number of nitrogens with zero attached hydrogens (tertiary/aromatic N) is 5. The zero-order chi connectivity index (χ0) is 22.8. The molecule has 0 radical (unpaired) electrons. The van der Waals surface area contributed by atoms with E-state index in [1.54, 1.807) is 12.4 Å². The van der Waals surface area contributed by atoms with E-state index >= 15 is 0 Å². The Hall–Kier alpha value is -3.44. The molecule has 1 aliphatic carbocycles. The van der Waals surface area contributed by atoms with Crippen LogP contribution in [0.1, 0.15) is 69.5 Å². The Labute approximate surface area is 193 Å². The molecule has 1 saturated heterocycles. The number of aromatic nitrogens is 4. The lowest BCUT2D eigenvalue weighted by Crippen LogP contribution is -2.16. The van der Waals surface area contributed by atoms with Gasteiger partial charge in [-0.15, -0.1) is 0 Å². The van der Waals surface area contributed by atoms with E-state index in [2.05, 4.69) is 21.4 Å². The van der Waals surface area contributed by atoms with E-state index in [0.717, 1.165) is 55.8 Å². The number of ether oxygens (including phenoxy) is 2. The molecule has 2 aliphatic rings. The van der Waals surface area contributed by atoms with Crippen LogP contribution in [0.3, 0.4) is 0 Å². The first-order valence-electron chi connectivity index (χ1n) is 11.5. The van der Waals surface area contributed by atoms with Crippen molar-refractivity contribution < 1.29 is 9.47 Å². The van der Waals surface area contributed by atoms with Crippen LogP contribution in [0, 0.1) is 11.3 Å². The molecule has 0 amide bonds. The molecule has 170 valence electrons. The summed E-state index contributed by atoms with van der Waals surface area (Å²) in [7, 11) is 0. The molecule has 0 bridgehead atoms. The smallest absolute Gasteiger partial charge is 0.171 e. The number of hydrogen-bond donors (Lipinski definition) is 1. The maximum atomic E-state index is 9.41. The lowest BCUT2D eigenvalue weighted by atomic mass is 9.91. The minimum Gasteiger partial charge on any atom is -0.453 e. The number of pyridine rings is 2. The van der Waals surface area contributed by atoms with Gasteiger partial charge in [-0.3, -0.25) is 9.67 Å². The van der Waals surface area contributed by atoms with E-state index in [9.17, 15) is 5.26 Å². The summed E-state index contributed by atoms with van der Waals surface area (Å²) >= 11 is 0. The third kappa shape index (κ3) is 4.83. The molecule has 1 aliphatic heterocycles. The second kappa shape index (κ2) is 8.83. The first kappa shape index (κ1) is 21.4. The molecule has 1 saturated carbocycles. The lowest BCUT2D eigenvalue weighted by molar-refractivity contribution is 0.0109. The van der Waals surface area contributed by atoms with Crippen molar-refractivity contribution in [3.63, 3.8) is 0 Å². The first-order valence-corrected chi connectivity index (χ1v) is 11.5. The highest BCUT2D eigenvalue weighted by molar-refractivity contribution is 5.58. The van der Waals surface area contributed by atoms with Gasteiger partial charge in [0.2, 0.25) is 0 Å². The number of anilines is 2. The van der Waals surface area contributed by atoms with Gasteiger partial charge in [-0.05, 0) is 64.2 Å². The molecule has 2 fully saturated rings. The minimum atomic E-state index is -0.671. The Morgan fingerprint density at radius 2 is 2.00 bits per heavy atom. The fourth-order valence-corrected chi connectivity index (χ4v) is 3.90. The quantitative estimate of drug-likeness (QED) is 0.507. The highest BCUT2D eigenvalue weighted by Gasteiger charge is 2.30. The number of rotatable bonds is 7. The van der Waals surface area contributed by atoms with Gasteiger partial charge >= 0.3 is 0 Å². The zero-order valence-electron chi connectivity index (χ0n) is 19.0. The van der Waals surface area contributed by atoms with Gasteiger partial charge in [0.25, 0.3) is 0 Å². The second-order valence-electron chi connectivity index (χ2n) is 9.22. The molecule has 3 aromatic heterocycles. The topological polar surface area (TPSA) is 97.9 Å². The SMILES string of the molecule is CC(C)(C#N)c1cc(Nc2cc(Oc3cn(C4CC4)nc3C3CCCCO3)ccn2)ccn1. The molecule has 1 N–H and O–H groups in total. The van der Waals surface area contributed by atoms with Crippen LogP contribution in [0.4, 0.5) is 11.5 Å². The van der Waals surface area contributed by atoms with Crippen LogP contribution in [0.2, 0.25) is 0 Å². The molecular formula is C25H28N6O2. The molecule has 0 aromatic carbocycles. The number of nitriles is 1. The molecule has 4 heterocycles. The van der Waals surface area contributed by atoms with E-state index < -0.39 is 5.41 Å². The van der Waals surface area contributed by atoms with Crippen molar-refractivity contribution in [1.82, 2.24) is 19.7 Å². The number of hydrogen-bond acceptors (Lipinski definition) is 7. The van der Waals surface area contributed by atoms with E-state index in [0.29, 0.717) is 23.3 Å². The Morgan fingerprint density at radius 3 is 2.76 bits per heavy atom. The van der Waals surface area contributed by atoms with Crippen molar-refractivity contribution >= 4 is 11.5 Å². The van der Waals surface area contributed by atoms with E-state index in [-0.39, 0.29) is 6.10 Å². The summed E-state index contributed by atoms with van der Waals surface area (Å²) in [5.74, 6) is 2.06. The van der Waals surface area contributed by atoms with E-state index in [1.807, 2.05) is 49.0 Å². The molecular weight excluding hydrogens is 416 g/mol. The third-order valence-corrected chi connectivity index (χ3v) is 6.04. The third-order valence-electron chi connectivity index (χ3n) is 6.04. The van der Waals surface area contributed by atoms with Crippen molar-refractivity contribution in [3.05, 3.63) is 54.2 Å². The molecule has 8 heteroatoms. The van der Waals surface area contributed by atoms with Gasteiger partial charge in [-0.2, -0.15) is 10.4 Å². The zero-order valence-corrected chi connectivity index (χ0v) is 19.0. The van der Waals surface area contributed by atoms with Crippen LogP contribution in [0.5, 0.6) is 11.5 Å². The van der Waals surface area contributed by atoms with Crippen molar-refractivity contribution in [2.45, 2.75) is 63.5 Å². The Kier molecular flexibility index (Phi) is 5.73. The average Bonchev–Trinajstić information content (AvgIpc) is 3.60. The van der Waals surface area contributed by atoms with Crippen LogP contribution in [-0.4, -0.2) is 26.4 Å². The molecule has 0 spiro atoms. The summed E-state index contributed by atoms with van der Waals surface area (Å²) in [5.41, 5.74) is 1.72. The molecule has 8 nitrogen and oxygen atoms in total. The predicted octanol–water partition coefficient (Wildman–Crippen LogP) is 5.59. The predicted molar refractivity (Wildman–Crippen MR) is 124 cm³/mol. The maximum absolute atomic E-state index is 9.41. The fraction of sp³-hybridized carbons (Fsp3) is 0.440. The summed E-state index contributed by atoms with van der Waals surface area (Å²) in [6.07, 6.45) is 10.9. The molecule has 1 unspecified atom stereocenters. The highest BCUT2D eigenvalue weighted by atomic mass is 16.5.